The van der Waals surface area contributed by atoms with E-state index in [1.807, 2.05) is 37.3 Å². The maximum atomic E-state index is 5.59. The molecule has 0 saturated heterocycles. The Balaban J connectivity index is 2.17. The molecule has 0 saturated carbocycles. The van der Waals surface area contributed by atoms with Gasteiger partial charge in [0.2, 0.25) is 0 Å². The molecule has 94 valence electrons. The SMILES string of the molecule is CC(Nc1ccc(C(N)=S)cc1Br)c1ccco1. The maximum absolute atomic E-state index is 5.59. The predicted molar refractivity (Wildman–Crippen MR) is 80.8 cm³/mol. The molecule has 0 fully saturated rings. The van der Waals surface area contributed by atoms with E-state index in [0.717, 1.165) is 21.5 Å². The number of rotatable bonds is 4. The second kappa shape index (κ2) is 5.54. The molecule has 0 bridgehead atoms. The average Bonchev–Trinajstić information content (AvgIpc) is 2.85. The lowest BCUT2D eigenvalue weighted by molar-refractivity contribution is 0.490. The Hall–Kier alpha value is -1.33. The fourth-order valence-electron chi connectivity index (χ4n) is 1.63. The Labute approximate surface area is 119 Å². The van der Waals surface area contributed by atoms with Crippen LogP contribution in [0, 0.1) is 0 Å². The Morgan fingerprint density at radius 1 is 1.44 bits per heavy atom. The molecular formula is C13H13BrN2OS. The number of hydrogen-bond donors (Lipinski definition) is 2. The monoisotopic (exact) mass is 324 g/mol. The van der Waals surface area contributed by atoms with Gasteiger partial charge in [-0.3, -0.25) is 0 Å². The normalized spacial score (nSPS) is 12.1. The van der Waals surface area contributed by atoms with Gasteiger partial charge in [-0.05, 0) is 53.2 Å². The Morgan fingerprint density at radius 3 is 2.78 bits per heavy atom. The minimum absolute atomic E-state index is 0.0898. The van der Waals surface area contributed by atoms with Crippen molar-refractivity contribution in [2.45, 2.75) is 13.0 Å². The Kier molecular flexibility index (Phi) is 4.04. The van der Waals surface area contributed by atoms with Crippen molar-refractivity contribution in [3.8, 4) is 0 Å². The third-order valence-electron chi connectivity index (χ3n) is 2.60. The molecule has 0 spiro atoms. The molecule has 0 aliphatic carbocycles. The first kappa shape index (κ1) is 13.1. The number of hydrogen-bond acceptors (Lipinski definition) is 3. The van der Waals surface area contributed by atoms with Crippen LogP contribution in [0.2, 0.25) is 0 Å². The van der Waals surface area contributed by atoms with E-state index in [9.17, 15) is 0 Å². The highest BCUT2D eigenvalue weighted by Gasteiger charge is 2.10. The highest BCUT2D eigenvalue weighted by atomic mass is 79.9. The van der Waals surface area contributed by atoms with E-state index in [1.165, 1.54) is 0 Å². The number of nitrogens with one attached hydrogen (secondary N) is 1. The highest BCUT2D eigenvalue weighted by Crippen LogP contribution is 2.27. The van der Waals surface area contributed by atoms with Crippen LogP contribution in [0.5, 0.6) is 0 Å². The van der Waals surface area contributed by atoms with Crippen molar-refractivity contribution in [2.24, 2.45) is 5.73 Å². The van der Waals surface area contributed by atoms with Crippen LogP contribution in [0.4, 0.5) is 5.69 Å². The molecule has 18 heavy (non-hydrogen) atoms. The van der Waals surface area contributed by atoms with E-state index in [0.29, 0.717) is 4.99 Å². The number of furan rings is 1. The molecule has 1 unspecified atom stereocenters. The summed E-state index contributed by atoms with van der Waals surface area (Å²) in [7, 11) is 0. The zero-order valence-corrected chi connectivity index (χ0v) is 12.2. The predicted octanol–water partition coefficient (Wildman–Crippen LogP) is 3.85. The largest absolute Gasteiger partial charge is 0.467 e. The minimum atomic E-state index is 0.0898. The first-order valence-electron chi connectivity index (χ1n) is 5.47. The molecule has 5 heteroatoms. The summed E-state index contributed by atoms with van der Waals surface area (Å²) in [6, 6.07) is 9.64. The number of anilines is 1. The van der Waals surface area contributed by atoms with E-state index in [4.69, 9.17) is 22.4 Å². The second-order valence-electron chi connectivity index (χ2n) is 3.94. The van der Waals surface area contributed by atoms with Crippen molar-refractivity contribution in [3.63, 3.8) is 0 Å². The van der Waals surface area contributed by atoms with E-state index >= 15 is 0 Å². The number of nitrogens with two attached hydrogens (primary N) is 1. The Morgan fingerprint density at radius 2 is 2.22 bits per heavy atom. The van der Waals surface area contributed by atoms with Gasteiger partial charge in [-0.15, -0.1) is 0 Å². The summed E-state index contributed by atoms with van der Waals surface area (Å²) in [5, 5.41) is 3.35. The first-order valence-corrected chi connectivity index (χ1v) is 6.67. The van der Waals surface area contributed by atoms with E-state index in [-0.39, 0.29) is 6.04 Å². The van der Waals surface area contributed by atoms with Gasteiger partial charge >= 0.3 is 0 Å². The summed E-state index contributed by atoms with van der Waals surface area (Å²) < 4.78 is 6.27. The van der Waals surface area contributed by atoms with Crippen molar-refractivity contribution in [1.29, 1.82) is 0 Å². The smallest absolute Gasteiger partial charge is 0.125 e. The highest BCUT2D eigenvalue weighted by molar-refractivity contribution is 9.10. The van der Waals surface area contributed by atoms with Gasteiger partial charge in [0.15, 0.2) is 0 Å². The summed E-state index contributed by atoms with van der Waals surface area (Å²) in [4.78, 5) is 0.390. The molecule has 2 rings (SSSR count). The molecule has 3 nitrogen and oxygen atoms in total. The molecule has 3 N–H and O–H groups in total. The van der Waals surface area contributed by atoms with Crippen LogP contribution in [0.25, 0.3) is 0 Å². The summed E-state index contributed by atoms with van der Waals surface area (Å²) >= 11 is 8.44. The molecular weight excluding hydrogens is 312 g/mol. The van der Waals surface area contributed by atoms with Crippen LogP contribution in [0.1, 0.15) is 24.3 Å². The molecule has 0 amide bonds. The van der Waals surface area contributed by atoms with Gasteiger partial charge < -0.3 is 15.5 Å². The fraction of sp³-hybridized carbons (Fsp3) is 0.154. The molecule has 2 aromatic rings. The van der Waals surface area contributed by atoms with E-state index in [1.54, 1.807) is 6.26 Å². The van der Waals surface area contributed by atoms with E-state index < -0.39 is 0 Å². The molecule has 1 aromatic carbocycles. The molecule has 0 aliphatic heterocycles. The molecule has 1 heterocycles. The first-order chi connectivity index (χ1) is 8.58. The van der Waals surface area contributed by atoms with Crippen LogP contribution in [-0.4, -0.2) is 4.99 Å². The quantitative estimate of drug-likeness (QED) is 0.839. The van der Waals surface area contributed by atoms with Gasteiger partial charge in [0.1, 0.15) is 10.7 Å². The average molecular weight is 325 g/mol. The fourth-order valence-corrected chi connectivity index (χ4v) is 2.25. The van der Waals surface area contributed by atoms with Crippen molar-refractivity contribution in [2.75, 3.05) is 5.32 Å². The number of thiocarbonyl (C=S) groups is 1. The van der Waals surface area contributed by atoms with Crippen molar-refractivity contribution in [3.05, 3.63) is 52.4 Å². The maximum Gasteiger partial charge on any atom is 0.125 e. The second-order valence-corrected chi connectivity index (χ2v) is 5.23. The van der Waals surface area contributed by atoms with Gasteiger partial charge in [0.25, 0.3) is 0 Å². The number of benzene rings is 1. The lowest BCUT2D eigenvalue weighted by atomic mass is 10.2. The van der Waals surface area contributed by atoms with Gasteiger partial charge in [-0.2, -0.15) is 0 Å². The van der Waals surface area contributed by atoms with Crippen molar-refractivity contribution in [1.82, 2.24) is 0 Å². The van der Waals surface area contributed by atoms with Crippen LogP contribution in [-0.2, 0) is 0 Å². The summed E-state index contributed by atoms with van der Waals surface area (Å²) in [5.74, 6) is 0.889. The lowest BCUT2D eigenvalue weighted by Gasteiger charge is -2.15. The zero-order valence-electron chi connectivity index (χ0n) is 9.81. The number of halogens is 1. The molecule has 0 radical (unpaired) electrons. The van der Waals surface area contributed by atoms with Gasteiger partial charge in [0.05, 0.1) is 12.3 Å². The summed E-state index contributed by atoms with van der Waals surface area (Å²) in [5.41, 5.74) is 7.40. The molecule has 1 atom stereocenters. The van der Waals surface area contributed by atoms with Crippen LogP contribution in [0.3, 0.4) is 0 Å². The third-order valence-corrected chi connectivity index (χ3v) is 3.49. The minimum Gasteiger partial charge on any atom is -0.467 e. The molecule has 1 aromatic heterocycles. The van der Waals surface area contributed by atoms with Gasteiger partial charge in [-0.25, -0.2) is 0 Å². The molecule has 0 aliphatic rings. The van der Waals surface area contributed by atoms with Gasteiger partial charge in [-0.1, -0.05) is 12.2 Å². The topological polar surface area (TPSA) is 51.2 Å². The summed E-state index contributed by atoms with van der Waals surface area (Å²) in [6.07, 6.45) is 1.67. The Bertz CT molecular complexity index is 554. The van der Waals surface area contributed by atoms with Crippen LogP contribution in [0.15, 0.2) is 45.5 Å². The van der Waals surface area contributed by atoms with Crippen LogP contribution < -0.4 is 11.1 Å². The van der Waals surface area contributed by atoms with Crippen molar-refractivity contribution >= 4 is 38.8 Å². The van der Waals surface area contributed by atoms with Crippen molar-refractivity contribution < 1.29 is 4.42 Å². The van der Waals surface area contributed by atoms with E-state index in [2.05, 4.69) is 21.2 Å². The zero-order chi connectivity index (χ0) is 13.1. The van der Waals surface area contributed by atoms with Gasteiger partial charge in [0, 0.05) is 15.7 Å². The third kappa shape index (κ3) is 2.91. The van der Waals surface area contributed by atoms with Crippen LogP contribution >= 0.6 is 28.1 Å². The lowest BCUT2D eigenvalue weighted by Crippen LogP contribution is -2.10. The summed E-state index contributed by atoms with van der Waals surface area (Å²) in [6.45, 7) is 2.03. The standard InChI is InChI=1S/C13H13BrN2OS/c1-8(12-3-2-6-17-12)16-11-5-4-9(13(15)18)7-10(11)14/h2-8,16H,1H3,(H2,15,18).